The Labute approximate surface area is 116 Å². The number of ether oxygens (including phenoxy) is 3. The summed E-state index contributed by atoms with van der Waals surface area (Å²) < 4.78 is 16.5. The topological polar surface area (TPSA) is 39.7 Å². The number of methoxy groups -OCH3 is 1. The van der Waals surface area contributed by atoms with E-state index in [-0.39, 0.29) is 12.1 Å². The molecule has 0 saturated heterocycles. The quantitative estimate of drug-likeness (QED) is 0.735. The van der Waals surface area contributed by atoms with Gasteiger partial charge in [-0.2, -0.15) is 0 Å². The Morgan fingerprint density at radius 3 is 2.47 bits per heavy atom. The molecule has 4 heteroatoms. The van der Waals surface area contributed by atoms with E-state index in [1.54, 1.807) is 7.11 Å². The van der Waals surface area contributed by atoms with Gasteiger partial charge in [0.1, 0.15) is 18.1 Å². The number of rotatable bonds is 8. The molecule has 1 atom stereocenters. The van der Waals surface area contributed by atoms with E-state index in [0.29, 0.717) is 13.2 Å². The van der Waals surface area contributed by atoms with E-state index in [9.17, 15) is 0 Å². The Hall–Kier alpha value is -1.26. The van der Waals surface area contributed by atoms with Crippen molar-refractivity contribution >= 4 is 0 Å². The second kappa shape index (κ2) is 8.02. The van der Waals surface area contributed by atoms with E-state index in [0.717, 1.165) is 17.1 Å². The molecule has 0 heterocycles. The monoisotopic (exact) mass is 267 g/mol. The molecule has 1 unspecified atom stereocenters. The summed E-state index contributed by atoms with van der Waals surface area (Å²) in [5, 5.41) is 3.22. The van der Waals surface area contributed by atoms with Crippen LogP contribution in [0.25, 0.3) is 0 Å². The largest absolute Gasteiger partial charge is 0.497 e. The van der Waals surface area contributed by atoms with Crippen molar-refractivity contribution in [3.63, 3.8) is 0 Å². The van der Waals surface area contributed by atoms with Crippen molar-refractivity contribution in [1.29, 1.82) is 0 Å². The fourth-order valence-electron chi connectivity index (χ4n) is 1.72. The van der Waals surface area contributed by atoms with Gasteiger partial charge in [-0.25, -0.2) is 0 Å². The molecule has 0 fully saturated rings. The minimum absolute atomic E-state index is 0.226. The maximum Gasteiger partial charge on any atom is 0.127 e. The van der Waals surface area contributed by atoms with E-state index in [2.05, 4.69) is 12.2 Å². The lowest BCUT2D eigenvalue weighted by Crippen LogP contribution is -2.16. The van der Waals surface area contributed by atoms with Gasteiger partial charge in [-0.05, 0) is 33.9 Å². The Bertz CT molecular complexity index is 380. The van der Waals surface area contributed by atoms with Crippen molar-refractivity contribution in [3.8, 4) is 11.5 Å². The van der Waals surface area contributed by atoms with Gasteiger partial charge >= 0.3 is 0 Å². The highest BCUT2D eigenvalue weighted by Gasteiger charge is 2.11. The summed E-state index contributed by atoms with van der Waals surface area (Å²) in [4.78, 5) is 0. The molecule has 1 aromatic carbocycles. The van der Waals surface area contributed by atoms with Gasteiger partial charge in [0.15, 0.2) is 0 Å². The van der Waals surface area contributed by atoms with Gasteiger partial charge in [0, 0.05) is 17.7 Å². The van der Waals surface area contributed by atoms with Crippen LogP contribution in [0.15, 0.2) is 18.2 Å². The number of nitrogens with one attached hydrogen (secondary N) is 1. The van der Waals surface area contributed by atoms with Crippen LogP contribution in [0.4, 0.5) is 0 Å². The summed E-state index contributed by atoms with van der Waals surface area (Å²) in [6.07, 6.45) is 0.226. The van der Waals surface area contributed by atoms with Gasteiger partial charge < -0.3 is 19.5 Å². The van der Waals surface area contributed by atoms with Gasteiger partial charge in [0.25, 0.3) is 0 Å². The lowest BCUT2D eigenvalue weighted by molar-refractivity contribution is 0.0549. The number of benzene rings is 1. The average Bonchev–Trinajstić information content (AvgIpc) is 2.42. The average molecular weight is 267 g/mol. The Morgan fingerprint density at radius 1 is 1.16 bits per heavy atom. The summed E-state index contributed by atoms with van der Waals surface area (Å²) in [6, 6.07) is 6.12. The van der Waals surface area contributed by atoms with E-state index in [1.165, 1.54) is 0 Å². The lowest BCUT2D eigenvalue weighted by Gasteiger charge is -2.18. The third-order valence-corrected chi connectivity index (χ3v) is 2.91. The van der Waals surface area contributed by atoms with E-state index < -0.39 is 0 Å². The van der Waals surface area contributed by atoms with Crippen molar-refractivity contribution in [2.24, 2.45) is 0 Å². The van der Waals surface area contributed by atoms with Crippen LogP contribution in [0.2, 0.25) is 0 Å². The van der Waals surface area contributed by atoms with E-state index in [1.807, 2.05) is 39.1 Å². The zero-order chi connectivity index (χ0) is 14.3. The predicted molar refractivity (Wildman–Crippen MR) is 77.1 cm³/mol. The fraction of sp³-hybridized carbons (Fsp3) is 0.600. The third-order valence-electron chi connectivity index (χ3n) is 2.91. The number of hydrogen-bond acceptors (Lipinski definition) is 4. The first-order valence-electron chi connectivity index (χ1n) is 6.68. The Kier molecular flexibility index (Phi) is 6.67. The Morgan fingerprint density at radius 2 is 1.89 bits per heavy atom. The standard InChI is InChI=1S/C15H25NO3/c1-11(2)18-8-9-19-15-10-13(17-5)6-7-14(15)12(3)16-4/h6-7,10-12,16H,8-9H2,1-5H3. The first-order chi connectivity index (χ1) is 9.08. The molecule has 0 bridgehead atoms. The molecular formula is C15H25NO3. The molecule has 0 spiro atoms. The molecule has 1 aromatic rings. The first kappa shape index (κ1) is 15.8. The zero-order valence-electron chi connectivity index (χ0n) is 12.5. The van der Waals surface area contributed by atoms with E-state index in [4.69, 9.17) is 14.2 Å². The smallest absolute Gasteiger partial charge is 0.127 e. The Balaban J connectivity index is 2.71. The van der Waals surface area contributed by atoms with Gasteiger partial charge in [-0.1, -0.05) is 6.07 Å². The van der Waals surface area contributed by atoms with Gasteiger partial charge in [0.2, 0.25) is 0 Å². The molecule has 108 valence electrons. The highest BCUT2D eigenvalue weighted by atomic mass is 16.5. The van der Waals surface area contributed by atoms with Crippen molar-refractivity contribution in [2.45, 2.75) is 32.9 Å². The molecule has 19 heavy (non-hydrogen) atoms. The lowest BCUT2D eigenvalue weighted by atomic mass is 10.1. The molecule has 0 aliphatic rings. The van der Waals surface area contributed by atoms with Crippen LogP contribution < -0.4 is 14.8 Å². The van der Waals surface area contributed by atoms with Gasteiger partial charge in [0.05, 0.1) is 19.8 Å². The molecule has 1 rings (SSSR count). The first-order valence-corrected chi connectivity index (χ1v) is 6.68. The molecule has 0 radical (unpaired) electrons. The summed E-state index contributed by atoms with van der Waals surface area (Å²) >= 11 is 0. The van der Waals surface area contributed by atoms with Crippen LogP contribution in [-0.4, -0.2) is 33.5 Å². The third kappa shape index (κ3) is 5.09. The van der Waals surface area contributed by atoms with Crippen LogP contribution in [0.1, 0.15) is 32.4 Å². The van der Waals surface area contributed by atoms with E-state index >= 15 is 0 Å². The second-order valence-electron chi connectivity index (χ2n) is 4.68. The minimum Gasteiger partial charge on any atom is -0.497 e. The second-order valence-corrected chi connectivity index (χ2v) is 4.68. The van der Waals surface area contributed by atoms with Crippen LogP contribution >= 0.6 is 0 Å². The normalized spacial score (nSPS) is 12.5. The predicted octanol–water partition coefficient (Wildman–Crippen LogP) is 2.78. The summed E-state index contributed by atoms with van der Waals surface area (Å²) in [5.41, 5.74) is 1.12. The molecule has 4 nitrogen and oxygen atoms in total. The molecular weight excluding hydrogens is 242 g/mol. The van der Waals surface area contributed by atoms with Gasteiger partial charge in [-0.15, -0.1) is 0 Å². The van der Waals surface area contributed by atoms with Crippen LogP contribution in [0.3, 0.4) is 0 Å². The maximum absolute atomic E-state index is 5.81. The van der Waals surface area contributed by atoms with Crippen LogP contribution in [-0.2, 0) is 4.74 Å². The SMILES string of the molecule is CNC(C)c1ccc(OC)cc1OCCOC(C)C. The van der Waals surface area contributed by atoms with Crippen molar-refractivity contribution < 1.29 is 14.2 Å². The van der Waals surface area contributed by atoms with Crippen molar-refractivity contribution in [1.82, 2.24) is 5.32 Å². The minimum atomic E-state index is 0.226. The van der Waals surface area contributed by atoms with Crippen molar-refractivity contribution in [3.05, 3.63) is 23.8 Å². The molecule has 1 N–H and O–H groups in total. The summed E-state index contributed by atoms with van der Waals surface area (Å²) in [7, 11) is 3.59. The maximum atomic E-state index is 5.81. The fourth-order valence-corrected chi connectivity index (χ4v) is 1.72. The zero-order valence-corrected chi connectivity index (χ0v) is 12.5. The summed E-state index contributed by atoms with van der Waals surface area (Å²) in [6.45, 7) is 7.25. The molecule has 0 aliphatic heterocycles. The molecule has 0 amide bonds. The highest BCUT2D eigenvalue weighted by molar-refractivity contribution is 5.42. The number of hydrogen-bond donors (Lipinski definition) is 1. The molecule has 0 saturated carbocycles. The highest BCUT2D eigenvalue weighted by Crippen LogP contribution is 2.29. The summed E-state index contributed by atoms with van der Waals surface area (Å²) in [5.74, 6) is 1.64. The molecule has 0 aliphatic carbocycles. The molecule has 0 aromatic heterocycles. The van der Waals surface area contributed by atoms with Gasteiger partial charge in [-0.3, -0.25) is 0 Å². The van der Waals surface area contributed by atoms with Crippen molar-refractivity contribution in [2.75, 3.05) is 27.4 Å². The van der Waals surface area contributed by atoms with Crippen LogP contribution in [0, 0.1) is 0 Å². The van der Waals surface area contributed by atoms with Crippen LogP contribution in [0.5, 0.6) is 11.5 Å².